The molecular formula is C18H18N4O2S. The van der Waals surface area contributed by atoms with Crippen molar-refractivity contribution in [2.75, 3.05) is 10.0 Å². The van der Waals surface area contributed by atoms with E-state index in [0.717, 1.165) is 11.3 Å². The Hall–Kier alpha value is -2.93. The second-order valence-electron chi connectivity index (χ2n) is 5.61. The smallest absolute Gasteiger partial charge is 0.263 e. The molecule has 7 heteroatoms. The fourth-order valence-corrected chi connectivity index (χ4v) is 3.60. The summed E-state index contributed by atoms with van der Waals surface area (Å²) in [5, 5.41) is 11.1. The van der Waals surface area contributed by atoms with Crippen molar-refractivity contribution in [1.29, 1.82) is 0 Å². The topological polar surface area (TPSA) is 84.0 Å². The van der Waals surface area contributed by atoms with Crippen LogP contribution in [0.1, 0.15) is 11.1 Å². The summed E-state index contributed by atoms with van der Waals surface area (Å²) in [5.41, 5.74) is 2.67. The van der Waals surface area contributed by atoms with E-state index in [1.807, 2.05) is 31.2 Å². The van der Waals surface area contributed by atoms with Crippen LogP contribution < -0.4 is 10.0 Å². The van der Waals surface area contributed by atoms with Crippen LogP contribution in [0.3, 0.4) is 0 Å². The number of hydrogen-bond donors (Lipinski definition) is 2. The minimum Gasteiger partial charge on any atom is -0.339 e. The van der Waals surface area contributed by atoms with Crippen LogP contribution in [0.5, 0.6) is 0 Å². The quantitative estimate of drug-likeness (QED) is 0.731. The summed E-state index contributed by atoms with van der Waals surface area (Å²) in [6, 6.07) is 17.8. The molecule has 1 heterocycles. The molecule has 0 spiro atoms. The first-order chi connectivity index (χ1) is 12.0. The molecule has 3 aromatic rings. The summed E-state index contributed by atoms with van der Waals surface area (Å²) in [4.78, 5) is 0.221. The third-order valence-corrected chi connectivity index (χ3v) is 5.21. The van der Waals surface area contributed by atoms with Crippen LogP contribution in [-0.4, -0.2) is 18.6 Å². The first-order valence-electron chi connectivity index (χ1n) is 7.70. The van der Waals surface area contributed by atoms with E-state index in [2.05, 4.69) is 20.2 Å². The van der Waals surface area contributed by atoms with Crippen molar-refractivity contribution in [2.24, 2.45) is 0 Å². The highest BCUT2D eigenvalue weighted by Crippen LogP contribution is 2.20. The molecule has 0 saturated heterocycles. The molecule has 0 aliphatic carbocycles. The molecule has 0 bridgehead atoms. The maximum atomic E-state index is 12.4. The van der Waals surface area contributed by atoms with Crippen molar-refractivity contribution in [3.8, 4) is 0 Å². The van der Waals surface area contributed by atoms with E-state index in [0.29, 0.717) is 11.4 Å². The first-order valence-corrected chi connectivity index (χ1v) is 9.19. The minimum atomic E-state index is -3.70. The minimum absolute atomic E-state index is 0.165. The lowest BCUT2D eigenvalue weighted by Gasteiger charge is -2.10. The molecule has 2 aromatic carbocycles. The second kappa shape index (κ2) is 6.90. The fourth-order valence-electron chi connectivity index (χ4n) is 2.36. The van der Waals surface area contributed by atoms with Crippen LogP contribution in [-0.2, 0) is 10.0 Å². The van der Waals surface area contributed by atoms with Gasteiger partial charge in [-0.2, -0.15) is 0 Å². The SMILES string of the molecule is Cc1ccccc1Nc1ccc(NS(=O)(=O)c2ccccc2C)nn1. The molecule has 0 atom stereocenters. The Morgan fingerprint density at radius 1 is 0.760 bits per heavy atom. The third kappa shape index (κ3) is 3.95. The van der Waals surface area contributed by atoms with E-state index in [9.17, 15) is 8.42 Å². The predicted octanol–water partition coefficient (Wildman–Crippen LogP) is 3.64. The van der Waals surface area contributed by atoms with E-state index in [-0.39, 0.29) is 10.7 Å². The van der Waals surface area contributed by atoms with Crippen LogP contribution in [0, 0.1) is 13.8 Å². The maximum Gasteiger partial charge on any atom is 0.263 e. The van der Waals surface area contributed by atoms with Gasteiger partial charge in [-0.05, 0) is 49.2 Å². The summed E-state index contributed by atoms with van der Waals surface area (Å²) >= 11 is 0. The zero-order chi connectivity index (χ0) is 17.9. The molecule has 3 rings (SSSR count). The summed E-state index contributed by atoms with van der Waals surface area (Å²) in [6.45, 7) is 3.73. The lowest BCUT2D eigenvalue weighted by atomic mass is 10.2. The van der Waals surface area contributed by atoms with Gasteiger partial charge in [-0.25, -0.2) is 8.42 Å². The van der Waals surface area contributed by atoms with E-state index in [4.69, 9.17) is 0 Å². The van der Waals surface area contributed by atoms with Crippen molar-refractivity contribution >= 4 is 27.3 Å². The van der Waals surface area contributed by atoms with Crippen molar-refractivity contribution in [2.45, 2.75) is 18.7 Å². The van der Waals surface area contributed by atoms with Gasteiger partial charge in [0, 0.05) is 5.69 Å². The molecule has 0 fully saturated rings. The Bertz CT molecular complexity index is 986. The van der Waals surface area contributed by atoms with Crippen molar-refractivity contribution in [1.82, 2.24) is 10.2 Å². The molecule has 0 amide bonds. The number of nitrogens with zero attached hydrogens (tertiary/aromatic N) is 2. The van der Waals surface area contributed by atoms with Crippen LogP contribution >= 0.6 is 0 Å². The van der Waals surface area contributed by atoms with E-state index >= 15 is 0 Å². The largest absolute Gasteiger partial charge is 0.339 e. The highest BCUT2D eigenvalue weighted by molar-refractivity contribution is 7.92. The fraction of sp³-hybridized carbons (Fsp3) is 0.111. The van der Waals surface area contributed by atoms with Gasteiger partial charge in [0.25, 0.3) is 10.0 Å². The van der Waals surface area contributed by atoms with Gasteiger partial charge in [0.2, 0.25) is 0 Å². The third-order valence-electron chi connectivity index (χ3n) is 3.69. The van der Waals surface area contributed by atoms with Crippen molar-refractivity contribution in [3.05, 3.63) is 71.8 Å². The van der Waals surface area contributed by atoms with Gasteiger partial charge < -0.3 is 5.32 Å². The first kappa shape index (κ1) is 16.9. The summed E-state index contributed by atoms with van der Waals surface area (Å²) < 4.78 is 27.3. The molecule has 2 N–H and O–H groups in total. The Balaban J connectivity index is 1.77. The number of sulfonamides is 1. The zero-order valence-electron chi connectivity index (χ0n) is 13.9. The molecule has 0 saturated carbocycles. The van der Waals surface area contributed by atoms with Crippen LogP contribution in [0.2, 0.25) is 0 Å². The molecule has 0 radical (unpaired) electrons. The van der Waals surface area contributed by atoms with Crippen LogP contribution in [0.25, 0.3) is 0 Å². The number of benzene rings is 2. The molecular weight excluding hydrogens is 336 g/mol. The number of rotatable bonds is 5. The number of anilines is 3. The van der Waals surface area contributed by atoms with Crippen molar-refractivity contribution in [3.63, 3.8) is 0 Å². The monoisotopic (exact) mass is 354 g/mol. The Kier molecular flexibility index (Phi) is 4.67. The highest BCUT2D eigenvalue weighted by atomic mass is 32.2. The standard InChI is InChI=1S/C18H18N4O2S/c1-13-7-3-5-9-15(13)19-17-11-12-18(21-20-17)22-25(23,24)16-10-6-4-8-14(16)2/h3-12H,1-2H3,(H,19,20)(H,21,22). The Morgan fingerprint density at radius 2 is 1.36 bits per heavy atom. The predicted molar refractivity (Wildman–Crippen MR) is 98.5 cm³/mol. The average molecular weight is 354 g/mol. The van der Waals surface area contributed by atoms with Gasteiger partial charge in [-0.1, -0.05) is 36.4 Å². The average Bonchev–Trinajstić information content (AvgIpc) is 2.58. The number of hydrogen-bond acceptors (Lipinski definition) is 5. The van der Waals surface area contributed by atoms with Gasteiger partial charge in [0.1, 0.15) is 0 Å². The lowest BCUT2D eigenvalue weighted by molar-refractivity contribution is 0.600. The Morgan fingerprint density at radius 3 is 2.00 bits per heavy atom. The summed E-state index contributed by atoms with van der Waals surface area (Å²) in [5.74, 6) is 0.701. The summed E-state index contributed by atoms with van der Waals surface area (Å²) in [7, 11) is -3.70. The second-order valence-corrected chi connectivity index (χ2v) is 7.27. The maximum absolute atomic E-state index is 12.4. The molecule has 25 heavy (non-hydrogen) atoms. The normalized spacial score (nSPS) is 11.1. The van der Waals surface area contributed by atoms with E-state index < -0.39 is 10.0 Å². The molecule has 128 valence electrons. The highest BCUT2D eigenvalue weighted by Gasteiger charge is 2.17. The zero-order valence-corrected chi connectivity index (χ0v) is 14.7. The van der Waals surface area contributed by atoms with Crippen molar-refractivity contribution < 1.29 is 8.42 Å². The van der Waals surface area contributed by atoms with Crippen LogP contribution in [0.15, 0.2) is 65.6 Å². The number of aryl methyl sites for hydroxylation is 2. The molecule has 6 nitrogen and oxygen atoms in total. The Labute approximate surface area is 147 Å². The van der Waals surface area contributed by atoms with E-state index in [1.54, 1.807) is 43.3 Å². The van der Waals surface area contributed by atoms with Gasteiger partial charge in [-0.15, -0.1) is 10.2 Å². The number of aromatic nitrogens is 2. The van der Waals surface area contributed by atoms with E-state index in [1.165, 1.54) is 0 Å². The lowest BCUT2D eigenvalue weighted by Crippen LogP contribution is -2.15. The van der Waals surface area contributed by atoms with Gasteiger partial charge in [0.05, 0.1) is 4.90 Å². The number of para-hydroxylation sites is 1. The van der Waals surface area contributed by atoms with Crippen LogP contribution in [0.4, 0.5) is 17.3 Å². The molecule has 1 aromatic heterocycles. The summed E-state index contributed by atoms with van der Waals surface area (Å²) in [6.07, 6.45) is 0. The van der Waals surface area contributed by atoms with Gasteiger partial charge in [-0.3, -0.25) is 4.72 Å². The van der Waals surface area contributed by atoms with Gasteiger partial charge >= 0.3 is 0 Å². The number of nitrogens with one attached hydrogen (secondary N) is 2. The molecule has 0 aliphatic heterocycles. The molecule has 0 unspecified atom stereocenters. The van der Waals surface area contributed by atoms with Gasteiger partial charge in [0.15, 0.2) is 11.6 Å². The molecule has 0 aliphatic rings.